The third-order valence-corrected chi connectivity index (χ3v) is 5.49. The minimum absolute atomic E-state index is 0.0174. The molecule has 6 nitrogen and oxygen atoms in total. The zero-order valence-corrected chi connectivity index (χ0v) is 17.7. The van der Waals surface area contributed by atoms with Crippen LogP contribution in [-0.2, 0) is 16.1 Å². The van der Waals surface area contributed by atoms with Gasteiger partial charge in [0.1, 0.15) is 0 Å². The van der Waals surface area contributed by atoms with E-state index in [1.807, 2.05) is 6.92 Å². The molecule has 3 N–H and O–H groups in total. The lowest BCUT2D eigenvalue weighted by molar-refractivity contribution is -0.234. The Balaban J connectivity index is 2.37. The summed E-state index contributed by atoms with van der Waals surface area (Å²) in [6, 6.07) is 1.40. The van der Waals surface area contributed by atoms with Gasteiger partial charge < -0.3 is 15.1 Å². The van der Waals surface area contributed by atoms with Crippen molar-refractivity contribution in [3.8, 4) is 11.8 Å². The van der Waals surface area contributed by atoms with Crippen molar-refractivity contribution in [1.29, 1.82) is 0 Å². The van der Waals surface area contributed by atoms with E-state index in [0.717, 1.165) is 24.8 Å². The smallest absolute Gasteiger partial charge is 0.342 e. The number of aromatic hydroxyl groups is 2. The summed E-state index contributed by atoms with van der Waals surface area (Å²) in [5.74, 6) is -0.614. The van der Waals surface area contributed by atoms with E-state index in [1.54, 1.807) is 6.07 Å². The van der Waals surface area contributed by atoms with Gasteiger partial charge in [0.25, 0.3) is 0 Å². The Hall–Kier alpha value is -1.69. The summed E-state index contributed by atoms with van der Waals surface area (Å²) in [7, 11) is 0. The van der Waals surface area contributed by atoms with Gasteiger partial charge >= 0.3 is 5.97 Å². The molecule has 0 amide bonds. The topological polar surface area (TPSA) is 91.9 Å². The monoisotopic (exact) mass is 397 g/mol. The van der Waals surface area contributed by atoms with Gasteiger partial charge in [0.05, 0.1) is 6.42 Å². The number of hydrogen-bond donors (Lipinski definition) is 3. The fraction of sp³-hybridized carbons (Fsp3) is 0.773. The van der Waals surface area contributed by atoms with Crippen LogP contribution in [0.15, 0.2) is 6.07 Å². The third-order valence-electron chi connectivity index (χ3n) is 5.49. The summed E-state index contributed by atoms with van der Waals surface area (Å²) in [5, 5.41) is 29.1. The second-order valence-corrected chi connectivity index (χ2v) is 7.72. The van der Waals surface area contributed by atoms with E-state index in [0.29, 0.717) is 12.8 Å². The number of hydrogen-bond acceptors (Lipinski definition) is 5. The van der Waals surface area contributed by atoms with Crippen LogP contribution in [0, 0.1) is 0 Å². The Morgan fingerprint density at radius 2 is 1.57 bits per heavy atom. The molecule has 0 aliphatic carbocycles. The molecule has 0 spiro atoms. The van der Waals surface area contributed by atoms with Gasteiger partial charge in [-0.05, 0) is 25.7 Å². The van der Waals surface area contributed by atoms with Gasteiger partial charge in [0.2, 0.25) is 0 Å². The van der Waals surface area contributed by atoms with E-state index in [-0.39, 0.29) is 24.2 Å². The van der Waals surface area contributed by atoms with Crippen LogP contribution in [0.5, 0.6) is 11.8 Å². The van der Waals surface area contributed by atoms with Crippen LogP contribution in [0.3, 0.4) is 0 Å². The molecule has 0 bridgehead atoms. The predicted molar refractivity (Wildman–Crippen MR) is 111 cm³/mol. The largest absolute Gasteiger partial charge is 0.494 e. The Morgan fingerprint density at radius 1 is 1.00 bits per heavy atom. The van der Waals surface area contributed by atoms with Crippen LogP contribution in [0.1, 0.15) is 109 Å². The molecule has 1 atom stereocenters. The van der Waals surface area contributed by atoms with Gasteiger partial charge in [-0.25, -0.2) is 4.79 Å². The standard InChI is InChI=1S/C22H39NO5/c1-3-5-6-7-8-9-10-11-12-13-14-18-17-20(24)23(22(18)26)19(4-2)15-16-21(25)28-27/h17,19,24,26-27H,3-16H2,1-2H3. The maximum Gasteiger partial charge on any atom is 0.342 e. The molecule has 1 heterocycles. The van der Waals surface area contributed by atoms with Crippen LogP contribution < -0.4 is 0 Å². The fourth-order valence-corrected chi connectivity index (χ4v) is 3.75. The number of carbonyl (C=O) groups excluding carboxylic acids is 1. The van der Waals surface area contributed by atoms with Crippen molar-refractivity contribution in [3.05, 3.63) is 11.6 Å². The fourth-order valence-electron chi connectivity index (χ4n) is 3.75. The summed E-state index contributed by atoms with van der Waals surface area (Å²) in [6.07, 6.45) is 14.4. The minimum atomic E-state index is -0.713. The van der Waals surface area contributed by atoms with Crippen LogP contribution in [0.25, 0.3) is 0 Å². The van der Waals surface area contributed by atoms with E-state index < -0.39 is 5.97 Å². The molecule has 1 aromatic heterocycles. The summed E-state index contributed by atoms with van der Waals surface area (Å²) in [5.41, 5.74) is 0.750. The highest BCUT2D eigenvalue weighted by atomic mass is 17.1. The second-order valence-electron chi connectivity index (χ2n) is 7.72. The van der Waals surface area contributed by atoms with Crippen molar-refractivity contribution in [1.82, 2.24) is 4.57 Å². The first-order valence-electron chi connectivity index (χ1n) is 11.0. The second kappa shape index (κ2) is 14.3. The molecule has 6 heteroatoms. The summed E-state index contributed by atoms with van der Waals surface area (Å²) >= 11 is 0. The number of rotatable bonds is 16. The molecule has 0 aliphatic heterocycles. The highest BCUT2D eigenvalue weighted by Crippen LogP contribution is 2.35. The maximum absolute atomic E-state index is 11.1. The molecule has 1 aromatic rings. The Bertz CT molecular complexity index is 555. The normalized spacial score (nSPS) is 12.2. The molecule has 28 heavy (non-hydrogen) atoms. The quantitative estimate of drug-likeness (QED) is 0.178. The van der Waals surface area contributed by atoms with Crippen LogP contribution in [-0.4, -0.2) is 26.0 Å². The van der Waals surface area contributed by atoms with Crippen molar-refractivity contribution in [2.75, 3.05) is 0 Å². The third kappa shape index (κ3) is 8.55. The molecule has 0 radical (unpaired) electrons. The maximum atomic E-state index is 11.1. The number of nitrogens with zero attached hydrogens (tertiary/aromatic N) is 1. The molecular formula is C22H39NO5. The van der Waals surface area contributed by atoms with Crippen molar-refractivity contribution in [3.63, 3.8) is 0 Å². The SMILES string of the molecule is CCCCCCCCCCCCc1cc(O)n(C(CC)CCC(=O)OO)c1O. The molecule has 0 saturated carbocycles. The van der Waals surface area contributed by atoms with E-state index >= 15 is 0 Å². The molecule has 0 aliphatic rings. The molecule has 1 unspecified atom stereocenters. The zero-order chi connectivity index (χ0) is 20.8. The lowest BCUT2D eigenvalue weighted by Gasteiger charge is -2.18. The average molecular weight is 398 g/mol. The molecule has 0 aromatic carbocycles. The highest BCUT2D eigenvalue weighted by Gasteiger charge is 2.21. The number of carbonyl (C=O) groups is 1. The van der Waals surface area contributed by atoms with Crippen molar-refractivity contribution in [2.24, 2.45) is 0 Å². The lowest BCUT2D eigenvalue weighted by atomic mass is 10.0. The van der Waals surface area contributed by atoms with E-state index in [2.05, 4.69) is 11.8 Å². The van der Waals surface area contributed by atoms with E-state index in [4.69, 9.17) is 5.26 Å². The van der Waals surface area contributed by atoms with Crippen molar-refractivity contribution >= 4 is 5.97 Å². The first-order valence-corrected chi connectivity index (χ1v) is 11.0. The Kier molecular flexibility index (Phi) is 12.5. The van der Waals surface area contributed by atoms with Gasteiger partial charge in [0.15, 0.2) is 11.8 Å². The number of aryl methyl sites for hydroxylation is 1. The van der Waals surface area contributed by atoms with Crippen LogP contribution >= 0.6 is 0 Å². The molecule has 1 rings (SSSR count). The summed E-state index contributed by atoms with van der Waals surface area (Å²) < 4.78 is 1.48. The van der Waals surface area contributed by atoms with Gasteiger partial charge in [-0.3, -0.25) is 4.57 Å². The molecule has 162 valence electrons. The number of aromatic nitrogens is 1. The minimum Gasteiger partial charge on any atom is -0.494 e. The first kappa shape index (κ1) is 24.3. The van der Waals surface area contributed by atoms with Gasteiger partial charge in [-0.2, -0.15) is 5.26 Å². The lowest BCUT2D eigenvalue weighted by Crippen LogP contribution is -2.11. The van der Waals surface area contributed by atoms with E-state index in [1.165, 1.54) is 55.9 Å². The van der Waals surface area contributed by atoms with Crippen LogP contribution in [0.4, 0.5) is 0 Å². The van der Waals surface area contributed by atoms with Crippen LogP contribution in [0.2, 0.25) is 0 Å². The van der Waals surface area contributed by atoms with Gasteiger partial charge in [-0.1, -0.05) is 71.6 Å². The molecular weight excluding hydrogens is 358 g/mol. The molecule has 0 saturated heterocycles. The highest BCUT2D eigenvalue weighted by molar-refractivity contribution is 5.68. The first-order chi connectivity index (χ1) is 13.5. The van der Waals surface area contributed by atoms with Crippen molar-refractivity contribution < 1.29 is 25.2 Å². The average Bonchev–Trinajstić information content (AvgIpc) is 2.97. The van der Waals surface area contributed by atoms with Gasteiger partial charge in [0, 0.05) is 17.7 Å². The number of unbranched alkanes of at least 4 members (excludes halogenated alkanes) is 9. The Labute approximate surface area is 169 Å². The summed E-state index contributed by atoms with van der Waals surface area (Å²) in [4.78, 5) is 14.8. The molecule has 0 fully saturated rings. The van der Waals surface area contributed by atoms with Crippen molar-refractivity contribution in [2.45, 2.75) is 110 Å². The predicted octanol–water partition coefficient (Wildman–Crippen LogP) is 6.11. The van der Waals surface area contributed by atoms with E-state index in [9.17, 15) is 15.0 Å². The summed E-state index contributed by atoms with van der Waals surface area (Å²) in [6.45, 7) is 4.16. The zero-order valence-electron chi connectivity index (χ0n) is 17.7. The van der Waals surface area contributed by atoms with Gasteiger partial charge in [-0.15, -0.1) is 0 Å². The Morgan fingerprint density at radius 3 is 2.11 bits per heavy atom.